The molecule has 1 aromatic carbocycles. The van der Waals surface area contributed by atoms with E-state index in [2.05, 4.69) is 0 Å². The minimum Gasteiger partial charge on any atom is -0.496 e. The predicted molar refractivity (Wildman–Crippen MR) is 87.1 cm³/mol. The largest absolute Gasteiger partial charge is 0.496 e. The van der Waals surface area contributed by atoms with Gasteiger partial charge in [0, 0.05) is 28.2 Å². The lowest BCUT2D eigenvalue weighted by Crippen LogP contribution is -2.46. The normalized spacial score (nSPS) is 12.6. The maximum Gasteiger partial charge on any atom is 0.321 e. The molecule has 0 heterocycles. The van der Waals surface area contributed by atoms with Gasteiger partial charge in [-0.2, -0.15) is 0 Å². The van der Waals surface area contributed by atoms with Crippen molar-refractivity contribution < 1.29 is 24.1 Å². The molecule has 0 bridgehead atoms. The summed E-state index contributed by atoms with van der Waals surface area (Å²) in [5, 5.41) is 9.08. The lowest BCUT2D eigenvalue weighted by Gasteiger charge is -2.28. The molecule has 1 rings (SSSR count). The van der Waals surface area contributed by atoms with E-state index in [-0.39, 0.29) is 0 Å². The molecule has 7 heteroatoms. The van der Waals surface area contributed by atoms with Gasteiger partial charge in [0.25, 0.3) is 0 Å². The third-order valence-corrected chi connectivity index (χ3v) is 4.85. The Hall–Kier alpha value is -1.60. The third-order valence-electron chi connectivity index (χ3n) is 3.42. The second kappa shape index (κ2) is 7.60. The van der Waals surface area contributed by atoms with E-state index in [9.17, 15) is 4.79 Å². The molecular formula is C15H23NO5S. The highest BCUT2D eigenvalue weighted by Gasteiger charge is 2.33. The Labute approximate surface area is 134 Å². The van der Waals surface area contributed by atoms with Crippen molar-refractivity contribution in [1.29, 1.82) is 0 Å². The van der Waals surface area contributed by atoms with Crippen molar-refractivity contribution in [1.82, 2.24) is 0 Å². The van der Waals surface area contributed by atoms with Gasteiger partial charge >= 0.3 is 5.97 Å². The third kappa shape index (κ3) is 4.20. The Morgan fingerprint density at radius 3 is 2.09 bits per heavy atom. The molecule has 6 nitrogen and oxygen atoms in total. The quantitative estimate of drug-likeness (QED) is 0.755. The number of hydrogen-bond donors (Lipinski definition) is 2. The number of nitrogens with two attached hydrogens (primary N) is 1. The molecule has 22 heavy (non-hydrogen) atoms. The smallest absolute Gasteiger partial charge is 0.321 e. The van der Waals surface area contributed by atoms with Gasteiger partial charge in [0.2, 0.25) is 0 Å². The van der Waals surface area contributed by atoms with Crippen LogP contribution in [-0.2, 0) is 10.5 Å². The van der Waals surface area contributed by atoms with Gasteiger partial charge in [-0.1, -0.05) is 0 Å². The number of carbonyl (C=O) groups is 1. The van der Waals surface area contributed by atoms with Crippen molar-refractivity contribution in [3.63, 3.8) is 0 Å². The van der Waals surface area contributed by atoms with E-state index in [4.69, 9.17) is 25.1 Å². The highest BCUT2D eigenvalue weighted by Crippen LogP contribution is 2.40. The maximum absolute atomic E-state index is 11.1. The summed E-state index contributed by atoms with van der Waals surface area (Å²) in [5.41, 5.74) is 6.58. The van der Waals surface area contributed by atoms with Gasteiger partial charge in [-0.25, -0.2) is 0 Å². The Balaban J connectivity index is 3.04. The van der Waals surface area contributed by atoms with Crippen LogP contribution in [0.25, 0.3) is 0 Å². The van der Waals surface area contributed by atoms with Gasteiger partial charge in [0.05, 0.1) is 21.3 Å². The van der Waals surface area contributed by atoms with Gasteiger partial charge in [-0.05, 0) is 13.8 Å². The molecule has 1 aromatic rings. The zero-order valence-electron chi connectivity index (χ0n) is 13.5. The number of rotatable bonds is 8. The Bertz CT molecular complexity index is 508. The first-order valence-electron chi connectivity index (χ1n) is 6.68. The van der Waals surface area contributed by atoms with Crippen LogP contribution in [0.15, 0.2) is 12.1 Å². The molecule has 3 N–H and O–H groups in total. The second-order valence-corrected chi connectivity index (χ2v) is 6.85. The van der Waals surface area contributed by atoms with E-state index in [1.54, 1.807) is 47.3 Å². The summed E-state index contributed by atoms with van der Waals surface area (Å²) in [6.45, 7) is 3.61. The van der Waals surface area contributed by atoms with Crippen molar-refractivity contribution in [3.8, 4) is 17.2 Å². The van der Waals surface area contributed by atoms with Gasteiger partial charge in [-0.15, -0.1) is 11.8 Å². The molecule has 0 aliphatic carbocycles. The van der Waals surface area contributed by atoms with Crippen LogP contribution in [0.4, 0.5) is 0 Å². The number of aliphatic carboxylic acids is 1. The van der Waals surface area contributed by atoms with Crippen molar-refractivity contribution >= 4 is 17.7 Å². The zero-order chi connectivity index (χ0) is 16.9. The molecule has 0 amide bonds. The molecule has 0 aromatic heterocycles. The summed E-state index contributed by atoms with van der Waals surface area (Å²) in [6, 6.07) is 2.57. The number of carboxylic acids is 1. The summed E-state index contributed by atoms with van der Waals surface area (Å²) >= 11 is 1.43. The molecule has 0 spiro atoms. The Kier molecular flexibility index (Phi) is 6.37. The number of methoxy groups -OCH3 is 3. The van der Waals surface area contributed by atoms with Crippen LogP contribution in [0.3, 0.4) is 0 Å². The van der Waals surface area contributed by atoms with Crippen molar-refractivity contribution in [3.05, 3.63) is 17.7 Å². The topological polar surface area (TPSA) is 91.0 Å². The molecule has 1 atom stereocenters. The van der Waals surface area contributed by atoms with Crippen LogP contribution in [0.2, 0.25) is 0 Å². The lowest BCUT2D eigenvalue weighted by atomic mass is 10.1. The van der Waals surface area contributed by atoms with E-state index in [0.29, 0.717) is 23.0 Å². The monoisotopic (exact) mass is 329 g/mol. The van der Waals surface area contributed by atoms with Crippen LogP contribution >= 0.6 is 11.8 Å². The summed E-state index contributed by atoms with van der Waals surface area (Å²) < 4.78 is 15.3. The molecule has 0 aliphatic heterocycles. The van der Waals surface area contributed by atoms with Crippen LogP contribution in [-0.4, -0.2) is 43.2 Å². The number of hydrogen-bond acceptors (Lipinski definition) is 6. The lowest BCUT2D eigenvalue weighted by molar-refractivity contribution is -0.139. The molecule has 124 valence electrons. The van der Waals surface area contributed by atoms with Crippen molar-refractivity contribution in [2.45, 2.75) is 30.4 Å². The first-order valence-corrected chi connectivity index (χ1v) is 7.66. The summed E-state index contributed by atoms with van der Waals surface area (Å²) in [4.78, 5) is 11.1. The van der Waals surface area contributed by atoms with Crippen LogP contribution in [0.1, 0.15) is 19.4 Å². The summed E-state index contributed by atoms with van der Waals surface area (Å²) in [6.07, 6.45) is 0. The van der Waals surface area contributed by atoms with E-state index in [1.165, 1.54) is 11.8 Å². The zero-order valence-corrected chi connectivity index (χ0v) is 14.3. The molecule has 0 saturated heterocycles. The van der Waals surface area contributed by atoms with Crippen molar-refractivity contribution in [2.75, 3.05) is 21.3 Å². The average molecular weight is 329 g/mol. The summed E-state index contributed by atoms with van der Waals surface area (Å²) in [7, 11) is 4.70. The maximum atomic E-state index is 11.1. The molecule has 1 unspecified atom stereocenters. The molecule has 0 saturated carbocycles. The molecular weight excluding hydrogens is 306 g/mol. The minimum absolute atomic E-state index is 0.504. The van der Waals surface area contributed by atoms with Gasteiger partial charge in [0.1, 0.15) is 23.3 Å². The van der Waals surface area contributed by atoms with E-state index >= 15 is 0 Å². The van der Waals surface area contributed by atoms with Crippen LogP contribution < -0.4 is 19.9 Å². The van der Waals surface area contributed by atoms with Crippen LogP contribution in [0, 0.1) is 0 Å². The molecule has 0 fully saturated rings. The Morgan fingerprint density at radius 1 is 1.23 bits per heavy atom. The van der Waals surface area contributed by atoms with Gasteiger partial charge in [0.15, 0.2) is 0 Å². The van der Waals surface area contributed by atoms with E-state index in [1.807, 2.05) is 0 Å². The predicted octanol–water partition coefficient (Wildman–Crippen LogP) is 2.14. The van der Waals surface area contributed by atoms with Gasteiger partial charge in [-0.3, -0.25) is 4.79 Å². The van der Waals surface area contributed by atoms with Crippen molar-refractivity contribution in [2.24, 2.45) is 5.73 Å². The molecule has 0 radical (unpaired) electrons. The number of thioether (sulfide) groups is 1. The molecule has 0 aliphatic rings. The second-order valence-electron chi connectivity index (χ2n) is 5.22. The fraction of sp³-hybridized carbons (Fsp3) is 0.533. The first-order chi connectivity index (χ1) is 10.3. The first kappa shape index (κ1) is 18.4. The SMILES string of the molecule is COc1cc(OC)c(CSC(C)(C)C(N)C(=O)O)c(OC)c1. The van der Waals surface area contributed by atoms with E-state index in [0.717, 1.165) is 5.56 Å². The fourth-order valence-electron chi connectivity index (χ4n) is 1.87. The van der Waals surface area contributed by atoms with E-state index < -0.39 is 16.8 Å². The Morgan fingerprint density at radius 2 is 1.73 bits per heavy atom. The van der Waals surface area contributed by atoms with Gasteiger partial charge < -0.3 is 25.1 Å². The standard InChI is InChI=1S/C15H23NO5S/c1-15(2,13(16)14(17)18)22-8-10-11(20-4)6-9(19-3)7-12(10)21-5/h6-7,13H,8,16H2,1-5H3,(H,17,18). The minimum atomic E-state index is -1.02. The summed E-state index contributed by atoms with van der Waals surface area (Å²) in [5.74, 6) is 1.37. The highest BCUT2D eigenvalue weighted by atomic mass is 32.2. The number of benzene rings is 1. The van der Waals surface area contributed by atoms with Crippen LogP contribution in [0.5, 0.6) is 17.2 Å². The number of ether oxygens (including phenoxy) is 3. The highest BCUT2D eigenvalue weighted by molar-refractivity contribution is 7.99. The number of carboxylic acid groups (broad SMARTS) is 1. The fourth-order valence-corrected chi connectivity index (χ4v) is 2.95. The average Bonchev–Trinajstić information content (AvgIpc) is 2.50.